The van der Waals surface area contributed by atoms with E-state index in [9.17, 15) is 5.11 Å². The standard InChI is InChI=1S/C13H10N2O2/c14-9-3-6-11-12(7-9)17-15-13(11)8-1-4-10(16)5-2-8/h1-7,16H,14H2. The van der Waals surface area contributed by atoms with Gasteiger partial charge in [-0.2, -0.15) is 0 Å². The van der Waals surface area contributed by atoms with E-state index < -0.39 is 0 Å². The monoisotopic (exact) mass is 226 g/mol. The summed E-state index contributed by atoms with van der Waals surface area (Å²) in [5, 5.41) is 14.2. The molecule has 3 aromatic rings. The van der Waals surface area contributed by atoms with E-state index in [1.165, 1.54) is 0 Å². The van der Waals surface area contributed by atoms with Crippen LogP contribution < -0.4 is 5.73 Å². The minimum Gasteiger partial charge on any atom is -0.508 e. The van der Waals surface area contributed by atoms with Crippen LogP contribution in [0.25, 0.3) is 22.2 Å². The van der Waals surface area contributed by atoms with Crippen LogP contribution in [-0.4, -0.2) is 10.3 Å². The van der Waals surface area contributed by atoms with Gasteiger partial charge in [-0.1, -0.05) is 5.16 Å². The number of rotatable bonds is 1. The summed E-state index contributed by atoms with van der Waals surface area (Å²) in [5.41, 5.74) is 8.62. The number of nitrogen functional groups attached to an aromatic ring is 1. The Bertz CT molecular complexity index is 671. The Morgan fingerprint density at radius 1 is 1.06 bits per heavy atom. The quantitative estimate of drug-likeness (QED) is 0.626. The molecule has 4 nitrogen and oxygen atoms in total. The Morgan fingerprint density at radius 2 is 1.82 bits per heavy atom. The predicted octanol–water partition coefficient (Wildman–Crippen LogP) is 2.78. The van der Waals surface area contributed by atoms with Gasteiger partial charge >= 0.3 is 0 Å². The average molecular weight is 226 g/mol. The fourth-order valence-electron chi connectivity index (χ4n) is 1.78. The lowest BCUT2D eigenvalue weighted by atomic mass is 10.1. The number of aromatic nitrogens is 1. The summed E-state index contributed by atoms with van der Waals surface area (Å²) in [5.74, 6) is 0.228. The fraction of sp³-hybridized carbons (Fsp3) is 0. The molecule has 0 saturated heterocycles. The number of anilines is 1. The van der Waals surface area contributed by atoms with Crippen molar-refractivity contribution in [2.75, 3.05) is 5.73 Å². The molecule has 3 N–H and O–H groups in total. The molecule has 0 radical (unpaired) electrons. The molecule has 3 rings (SSSR count). The molecule has 0 aliphatic carbocycles. The Hall–Kier alpha value is -2.49. The lowest BCUT2D eigenvalue weighted by molar-refractivity contribution is 0.459. The topological polar surface area (TPSA) is 72.3 Å². The van der Waals surface area contributed by atoms with Crippen molar-refractivity contribution in [1.82, 2.24) is 5.16 Å². The zero-order valence-corrected chi connectivity index (χ0v) is 8.92. The van der Waals surface area contributed by atoms with Crippen LogP contribution >= 0.6 is 0 Å². The zero-order chi connectivity index (χ0) is 11.8. The summed E-state index contributed by atoms with van der Waals surface area (Å²) >= 11 is 0. The predicted molar refractivity (Wildman–Crippen MR) is 65.5 cm³/mol. The van der Waals surface area contributed by atoms with Crippen molar-refractivity contribution in [2.24, 2.45) is 0 Å². The molecule has 0 aliphatic heterocycles. The summed E-state index contributed by atoms with van der Waals surface area (Å²) < 4.78 is 5.22. The molecule has 0 amide bonds. The highest BCUT2D eigenvalue weighted by Gasteiger charge is 2.10. The third-order valence-corrected chi connectivity index (χ3v) is 2.64. The molecular formula is C13H10N2O2. The van der Waals surface area contributed by atoms with Crippen LogP contribution in [0.4, 0.5) is 5.69 Å². The number of hydrogen-bond acceptors (Lipinski definition) is 4. The van der Waals surface area contributed by atoms with Crippen LogP contribution in [0.1, 0.15) is 0 Å². The second-order valence-corrected chi connectivity index (χ2v) is 3.83. The van der Waals surface area contributed by atoms with Gasteiger partial charge in [-0.3, -0.25) is 0 Å². The number of nitrogens with two attached hydrogens (primary N) is 1. The molecule has 84 valence electrons. The van der Waals surface area contributed by atoms with E-state index in [1.54, 1.807) is 30.3 Å². The van der Waals surface area contributed by atoms with Crippen molar-refractivity contribution in [2.45, 2.75) is 0 Å². The summed E-state index contributed by atoms with van der Waals surface area (Å²) in [6.07, 6.45) is 0. The molecule has 0 spiro atoms. The van der Waals surface area contributed by atoms with Gasteiger partial charge in [-0.05, 0) is 36.4 Å². The van der Waals surface area contributed by atoms with E-state index in [1.807, 2.05) is 12.1 Å². The maximum atomic E-state index is 9.24. The van der Waals surface area contributed by atoms with Gasteiger partial charge in [-0.25, -0.2) is 0 Å². The first-order valence-electron chi connectivity index (χ1n) is 5.18. The van der Waals surface area contributed by atoms with Crippen molar-refractivity contribution in [3.05, 3.63) is 42.5 Å². The van der Waals surface area contributed by atoms with Gasteiger partial charge in [0.15, 0.2) is 5.58 Å². The van der Waals surface area contributed by atoms with Gasteiger partial charge in [0.05, 0.1) is 0 Å². The van der Waals surface area contributed by atoms with E-state index in [4.69, 9.17) is 10.3 Å². The highest BCUT2D eigenvalue weighted by molar-refractivity contribution is 5.92. The van der Waals surface area contributed by atoms with Gasteiger partial charge in [0, 0.05) is 22.7 Å². The van der Waals surface area contributed by atoms with Crippen LogP contribution in [0.5, 0.6) is 5.75 Å². The van der Waals surface area contributed by atoms with Gasteiger partial charge in [0.1, 0.15) is 11.4 Å². The minimum absolute atomic E-state index is 0.228. The number of aromatic hydroxyl groups is 1. The largest absolute Gasteiger partial charge is 0.508 e. The number of phenols is 1. The Morgan fingerprint density at radius 3 is 2.59 bits per heavy atom. The van der Waals surface area contributed by atoms with Crippen LogP contribution in [0.15, 0.2) is 47.0 Å². The smallest absolute Gasteiger partial charge is 0.169 e. The molecule has 1 aromatic heterocycles. The maximum absolute atomic E-state index is 9.24. The first-order valence-corrected chi connectivity index (χ1v) is 5.18. The molecule has 1 heterocycles. The Kier molecular flexibility index (Phi) is 2.01. The zero-order valence-electron chi connectivity index (χ0n) is 8.92. The number of hydrogen-bond donors (Lipinski definition) is 2. The highest BCUT2D eigenvalue weighted by Crippen LogP contribution is 2.29. The second-order valence-electron chi connectivity index (χ2n) is 3.83. The lowest BCUT2D eigenvalue weighted by Crippen LogP contribution is -1.82. The first kappa shape index (κ1) is 9.72. The summed E-state index contributed by atoms with van der Waals surface area (Å²) in [4.78, 5) is 0. The second kappa shape index (κ2) is 3.52. The SMILES string of the molecule is Nc1ccc2c(-c3ccc(O)cc3)noc2c1. The normalized spacial score (nSPS) is 10.8. The molecule has 17 heavy (non-hydrogen) atoms. The lowest BCUT2D eigenvalue weighted by Gasteiger charge is -1.97. The average Bonchev–Trinajstić information content (AvgIpc) is 2.73. The maximum Gasteiger partial charge on any atom is 0.169 e. The molecule has 0 fully saturated rings. The van der Waals surface area contributed by atoms with Crippen LogP contribution in [0.2, 0.25) is 0 Å². The van der Waals surface area contributed by atoms with Gasteiger partial charge in [0.2, 0.25) is 0 Å². The molecule has 0 atom stereocenters. The van der Waals surface area contributed by atoms with Crippen molar-refractivity contribution in [3.63, 3.8) is 0 Å². The highest BCUT2D eigenvalue weighted by atomic mass is 16.5. The molecule has 0 bridgehead atoms. The number of benzene rings is 2. The van der Waals surface area contributed by atoms with Crippen LogP contribution in [-0.2, 0) is 0 Å². The fourth-order valence-corrected chi connectivity index (χ4v) is 1.78. The van der Waals surface area contributed by atoms with Crippen molar-refractivity contribution < 1.29 is 9.63 Å². The summed E-state index contributed by atoms with van der Waals surface area (Å²) in [6, 6.07) is 12.3. The summed E-state index contributed by atoms with van der Waals surface area (Å²) in [7, 11) is 0. The van der Waals surface area contributed by atoms with Gasteiger partial charge in [0.25, 0.3) is 0 Å². The number of phenolic OH excluding ortho intramolecular Hbond substituents is 1. The molecular weight excluding hydrogens is 216 g/mol. The minimum atomic E-state index is 0.228. The van der Waals surface area contributed by atoms with E-state index >= 15 is 0 Å². The third kappa shape index (κ3) is 1.59. The van der Waals surface area contributed by atoms with Crippen LogP contribution in [0.3, 0.4) is 0 Å². The number of nitrogens with zero attached hydrogens (tertiary/aromatic N) is 1. The van der Waals surface area contributed by atoms with Gasteiger partial charge in [-0.15, -0.1) is 0 Å². The van der Waals surface area contributed by atoms with E-state index in [2.05, 4.69) is 5.16 Å². The Labute approximate surface area is 97.3 Å². The third-order valence-electron chi connectivity index (χ3n) is 2.64. The van der Waals surface area contributed by atoms with Crippen LogP contribution in [0, 0.1) is 0 Å². The van der Waals surface area contributed by atoms with E-state index in [0.717, 1.165) is 16.6 Å². The van der Waals surface area contributed by atoms with E-state index in [-0.39, 0.29) is 5.75 Å². The van der Waals surface area contributed by atoms with Crippen molar-refractivity contribution in [3.8, 4) is 17.0 Å². The molecule has 4 heteroatoms. The molecule has 2 aromatic carbocycles. The summed E-state index contributed by atoms with van der Waals surface area (Å²) in [6.45, 7) is 0. The van der Waals surface area contributed by atoms with E-state index in [0.29, 0.717) is 11.3 Å². The molecule has 0 aliphatic rings. The van der Waals surface area contributed by atoms with Crippen molar-refractivity contribution >= 4 is 16.7 Å². The van der Waals surface area contributed by atoms with Crippen molar-refractivity contribution in [1.29, 1.82) is 0 Å². The van der Waals surface area contributed by atoms with Gasteiger partial charge < -0.3 is 15.4 Å². The molecule has 0 saturated carbocycles. The molecule has 0 unspecified atom stereocenters. The first-order chi connectivity index (χ1) is 8.24. The Balaban J connectivity index is 2.21. The number of fused-ring (bicyclic) bond motifs is 1.